The number of nitrogens with zero attached hydrogens (tertiary/aromatic N) is 3. The van der Waals surface area contributed by atoms with E-state index in [0.717, 1.165) is 36.1 Å². The molecule has 0 spiro atoms. The van der Waals surface area contributed by atoms with Crippen molar-refractivity contribution in [3.8, 4) is 0 Å². The molecule has 27 heavy (non-hydrogen) atoms. The molecule has 1 aliphatic rings. The molecule has 1 saturated carbocycles. The lowest BCUT2D eigenvalue weighted by molar-refractivity contribution is -0.120. The highest BCUT2D eigenvalue weighted by Crippen LogP contribution is 2.40. The minimum atomic E-state index is -0.272. The average Bonchev–Trinajstić information content (AvgIpc) is 3.25. The lowest BCUT2D eigenvalue weighted by Gasteiger charge is -2.13. The van der Waals surface area contributed by atoms with Crippen LogP contribution in [0, 0.1) is 0 Å². The molecular weight excluding hydrogens is 360 g/mol. The normalized spacial score (nSPS) is 14.9. The first-order chi connectivity index (χ1) is 13.2. The highest BCUT2D eigenvalue weighted by molar-refractivity contribution is 8.00. The Morgan fingerprint density at radius 3 is 2.78 bits per heavy atom. The first-order valence-electron chi connectivity index (χ1n) is 9.14. The second-order valence-electron chi connectivity index (χ2n) is 6.74. The number of carbonyl (C=O) groups is 1. The number of carbonyl (C=O) groups excluding carboxylic acids is 1. The highest BCUT2D eigenvalue weighted by atomic mass is 32.2. The van der Waals surface area contributed by atoms with E-state index >= 15 is 0 Å². The lowest BCUT2D eigenvalue weighted by atomic mass is 10.2. The Hall–Kier alpha value is -2.54. The maximum atomic E-state index is 12.4. The summed E-state index contributed by atoms with van der Waals surface area (Å²) in [6, 6.07) is 13.9. The van der Waals surface area contributed by atoms with Crippen molar-refractivity contribution >= 4 is 17.7 Å². The van der Waals surface area contributed by atoms with Crippen molar-refractivity contribution in [2.75, 3.05) is 0 Å². The van der Waals surface area contributed by atoms with E-state index in [1.807, 2.05) is 37.3 Å². The molecular formula is C20H22N4O2S. The maximum Gasteiger partial charge on any atom is 0.233 e. The molecule has 1 aliphatic carbocycles. The van der Waals surface area contributed by atoms with Crippen LogP contribution in [0.3, 0.4) is 0 Å². The number of amides is 1. The maximum absolute atomic E-state index is 12.4. The molecule has 0 radical (unpaired) electrons. The summed E-state index contributed by atoms with van der Waals surface area (Å²) >= 11 is 1.45. The third kappa shape index (κ3) is 4.42. The summed E-state index contributed by atoms with van der Waals surface area (Å²) in [7, 11) is 0. The van der Waals surface area contributed by atoms with Crippen molar-refractivity contribution in [3.63, 3.8) is 0 Å². The van der Waals surface area contributed by atoms with Crippen LogP contribution in [0.15, 0.2) is 58.3 Å². The summed E-state index contributed by atoms with van der Waals surface area (Å²) in [5.41, 5.74) is 1.20. The first kappa shape index (κ1) is 17.9. The standard InChI is InChI=1S/C20H22N4O2S/c1-14(19(25)21-12-17-8-5-11-26-17)27-20-23-22-18(16-9-10-16)24(20)13-15-6-3-2-4-7-15/h2-8,11,14,16H,9-10,12-13H2,1H3,(H,21,25)/t14-/m0/s1. The van der Waals surface area contributed by atoms with Crippen LogP contribution < -0.4 is 5.32 Å². The van der Waals surface area contributed by atoms with E-state index in [4.69, 9.17) is 4.42 Å². The molecule has 1 amide bonds. The number of hydrogen-bond donors (Lipinski definition) is 1. The van der Waals surface area contributed by atoms with Crippen LogP contribution in [0.2, 0.25) is 0 Å². The van der Waals surface area contributed by atoms with Gasteiger partial charge in [-0.3, -0.25) is 4.79 Å². The second kappa shape index (κ2) is 8.00. The Morgan fingerprint density at radius 2 is 2.07 bits per heavy atom. The van der Waals surface area contributed by atoms with Crippen molar-refractivity contribution in [2.45, 2.75) is 49.2 Å². The monoisotopic (exact) mass is 382 g/mol. The van der Waals surface area contributed by atoms with Gasteiger partial charge < -0.3 is 14.3 Å². The molecule has 2 heterocycles. The molecule has 2 aromatic heterocycles. The molecule has 1 atom stereocenters. The third-order valence-electron chi connectivity index (χ3n) is 4.54. The van der Waals surface area contributed by atoms with E-state index in [1.54, 1.807) is 6.26 Å². The number of nitrogens with one attached hydrogen (secondary N) is 1. The molecule has 4 rings (SSSR count). The largest absolute Gasteiger partial charge is 0.467 e. The van der Waals surface area contributed by atoms with Gasteiger partial charge in [-0.1, -0.05) is 42.1 Å². The van der Waals surface area contributed by atoms with E-state index in [1.165, 1.54) is 17.3 Å². The van der Waals surface area contributed by atoms with Gasteiger partial charge in [0.15, 0.2) is 5.16 Å². The molecule has 1 N–H and O–H groups in total. The van der Waals surface area contributed by atoms with Crippen LogP contribution in [0.1, 0.15) is 42.8 Å². The van der Waals surface area contributed by atoms with E-state index < -0.39 is 0 Å². The number of thioether (sulfide) groups is 1. The van der Waals surface area contributed by atoms with Gasteiger partial charge in [-0.2, -0.15) is 0 Å². The predicted molar refractivity (Wildman–Crippen MR) is 103 cm³/mol. The fraction of sp³-hybridized carbons (Fsp3) is 0.350. The minimum absolute atomic E-state index is 0.0429. The van der Waals surface area contributed by atoms with Crippen LogP contribution in [-0.4, -0.2) is 25.9 Å². The SMILES string of the molecule is C[C@H](Sc1nnc(C2CC2)n1Cc1ccccc1)C(=O)NCc1ccco1. The molecule has 0 unspecified atom stereocenters. The zero-order chi connectivity index (χ0) is 18.6. The number of benzene rings is 1. The van der Waals surface area contributed by atoms with Crippen LogP contribution in [0.4, 0.5) is 0 Å². The summed E-state index contributed by atoms with van der Waals surface area (Å²) in [6.45, 7) is 3.00. The molecule has 7 heteroatoms. The third-order valence-corrected chi connectivity index (χ3v) is 5.62. The van der Waals surface area contributed by atoms with Gasteiger partial charge in [0.2, 0.25) is 5.91 Å². The van der Waals surface area contributed by atoms with Crippen molar-refractivity contribution in [2.24, 2.45) is 0 Å². The van der Waals surface area contributed by atoms with Gasteiger partial charge in [0.1, 0.15) is 11.6 Å². The molecule has 1 fully saturated rings. The fourth-order valence-corrected chi connectivity index (χ4v) is 3.77. The van der Waals surface area contributed by atoms with Crippen LogP contribution in [-0.2, 0) is 17.9 Å². The van der Waals surface area contributed by atoms with Gasteiger partial charge in [-0.25, -0.2) is 0 Å². The molecule has 0 aliphatic heterocycles. The van der Waals surface area contributed by atoms with Crippen molar-refractivity contribution in [3.05, 3.63) is 65.9 Å². The van der Waals surface area contributed by atoms with E-state index in [2.05, 4.69) is 32.2 Å². The Labute approximate surface area is 162 Å². The van der Waals surface area contributed by atoms with Crippen LogP contribution in [0.5, 0.6) is 0 Å². The lowest BCUT2D eigenvalue weighted by Crippen LogP contribution is -2.30. The summed E-state index contributed by atoms with van der Waals surface area (Å²) in [5, 5.41) is 12.2. The Balaban J connectivity index is 1.45. The zero-order valence-electron chi connectivity index (χ0n) is 15.2. The van der Waals surface area contributed by atoms with Gasteiger partial charge in [-0.05, 0) is 37.5 Å². The Bertz CT molecular complexity index is 888. The molecule has 1 aromatic carbocycles. The van der Waals surface area contributed by atoms with Crippen LogP contribution >= 0.6 is 11.8 Å². The molecule has 3 aromatic rings. The Morgan fingerprint density at radius 1 is 1.26 bits per heavy atom. The highest BCUT2D eigenvalue weighted by Gasteiger charge is 2.31. The van der Waals surface area contributed by atoms with Crippen molar-refractivity contribution in [1.29, 1.82) is 0 Å². The molecule has 0 saturated heterocycles. The summed E-state index contributed by atoms with van der Waals surface area (Å²) in [5.74, 6) is 2.23. The summed E-state index contributed by atoms with van der Waals surface area (Å²) in [6.07, 6.45) is 3.93. The number of aromatic nitrogens is 3. The molecule has 0 bridgehead atoms. The minimum Gasteiger partial charge on any atom is -0.467 e. The second-order valence-corrected chi connectivity index (χ2v) is 8.05. The number of furan rings is 1. The van der Waals surface area contributed by atoms with E-state index in [0.29, 0.717) is 12.5 Å². The number of hydrogen-bond acceptors (Lipinski definition) is 5. The van der Waals surface area contributed by atoms with Gasteiger partial charge in [-0.15, -0.1) is 10.2 Å². The quantitative estimate of drug-likeness (QED) is 0.603. The first-order valence-corrected chi connectivity index (χ1v) is 10.0. The van der Waals surface area contributed by atoms with Crippen molar-refractivity contribution in [1.82, 2.24) is 20.1 Å². The van der Waals surface area contributed by atoms with E-state index in [9.17, 15) is 4.79 Å². The fourth-order valence-electron chi connectivity index (χ4n) is 2.89. The van der Waals surface area contributed by atoms with E-state index in [-0.39, 0.29) is 11.2 Å². The van der Waals surface area contributed by atoms with Gasteiger partial charge in [0.25, 0.3) is 0 Å². The smallest absolute Gasteiger partial charge is 0.233 e. The average molecular weight is 382 g/mol. The van der Waals surface area contributed by atoms with Gasteiger partial charge >= 0.3 is 0 Å². The Kier molecular flexibility index (Phi) is 5.29. The topological polar surface area (TPSA) is 73.0 Å². The number of rotatable bonds is 8. The molecule has 140 valence electrons. The van der Waals surface area contributed by atoms with Gasteiger partial charge in [0.05, 0.1) is 24.6 Å². The summed E-state index contributed by atoms with van der Waals surface area (Å²) in [4.78, 5) is 12.4. The summed E-state index contributed by atoms with van der Waals surface area (Å²) < 4.78 is 7.42. The van der Waals surface area contributed by atoms with Gasteiger partial charge in [0, 0.05) is 5.92 Å². The predicted octanol–water partition coefficient (Wildman–Crippen LogP) is 3.59. The van der Waals surface area contributed by atoms with Crippen molar-refractivity contribution < 1.29 is 9.21 Å². The zero-order valence-corrected chi connectivity index (χ0v) is 16.0. The van der Waals surface area contributed by atoms with Crippen LogP contribution in [0.25, 0.3) is 0 Å². The molecule has 6 nitrogen and oxygen atoms in total.